The van der Waals surface area contributed by atoms with Crippen LogP contribution in [-0.4, -0.2) is 40.1 Å². The van der Waals surface area contributed by atoms with Gasteiger partial charge in [-0.1, -0.05) is 0 Å². The number of carbonyl (C=O) groups is 1. The van der Waals surface area contributed by atoms with Gasteiger partial charge in [-0.15, -0.1) is 0 Å². The number of pyridine rings is 1. The average Bonchev–Trinajstić information content (AvgIpc) is 2.61. The topological polar surface area (TPSA) is 92.1 Å². The van der Waals surface area contributed by atoms with Gasteiger partial charge in [0, 0.05) is 31.9 Å². The molecule has 2 N–H and O–H groups in total. The second-order valence-electron chi connectivity index (χ2n) is 7.82. The summed E-state index contributed by atoms with van der Waals surface area (Å²) in [6.45, 7) is 2.38. The summed E-state index contributed by atoms with van der Waals surface area (Å²) >= 11 is 0. The molecule has 0 atom stereocenters. The molecule has 0 spiro atoms. The average molecular weight is 422 g/mol. The number of alkyl halides is 3. The molecule has 11 heteroatoms. The van der Waals surface area contributed by atoms with E-state index in [1.807, 2.05) is 0 Å². The molecular formula is C19H21F3N6O2. The zero-order chi connectivity index (χ0) is 21.6. The van der Waals surface area contributed by atoms with Gasteiger partial charge in [0.1, 0.15) is 5.69 Å². The second kappa shape index (κ2) is 7.29. The number of aryl methyl sites for hydroxylation is 1. The van der Waals surface area contributed by atoms with Crippen LogP contribution in [0, 0.1) is 12.8 Å². The van der Waals surface area contributed by atoms with E-state index in [4.69, 9.17) is 0 Å². The number of likely N-dealkylation sites (N-methyl/N-ethyl adjacent to an activating group) is 1. The van der Waals surface area contributed by atoms with E-state index in [-0.39, 0.29) is 24.4 Å². The van der Waals surface area contributed by atoms with Crippen LogP contribution in [0.25, 0.3) is 0 Å². The summed E-state index contributed by atoms with van der Waals surface area (Å²) in [6, 6.07) is 1.67. The van der Waals surface area contributed by atoms with Gasteiger partial charge < -0.3 is 20.1 Å². The number of rotatable bonds is 4. The van der Waals surface area contributed by atoms with Crippen molar-refractivity contribution in [2.24, 2.45) is 5.92 Å². The van der Waals surface area contributed by atoms with Crippen molar-refractivity contribution in [3.8, 4) is 0 Å². The molecule has 1 aliphatic carbocycles. The molecule has 0 bridgehead atoms. The molecule has 1 saturated carbocycles. The predicted molar refractivity (Wildman–Crippen MR) is 105 cm³/mol. The van der Waals surface area contributed by atoms with Gasteiger partial charge in [-0.05, 0) is 31.7 Å². The highest BCUT2D eigenvalue weighted by molar-refractivity contribution is 6.00. The molecule has 0 aromatic carbocycles. The normalized spacial score (nSPS) is 21.0. The van der Waals surface area contributed by atoms with Crippen molar-refractivity contribution < 1.29 is 18.0 Å². The third kappa shape index (κ3) is 3.96. The van der Waals surface area contributed by atoms with Crippen LogP contribution < -0.4 is 21.1 Å². The van der Waals surface area contributed by atoms with Crippen molar-refractivity contribution in [2.75, 3.05) is 29.1 Å². The Morgan fingerprint density at radius 3 is 2.67 bits per heavy atom. The van der Waals surface area contributed by atoms with Crippen molar-refractivity contribution in [3.63, 3.8) is 0 Å². The number of amides is 1. The summed E-state index contributed by atoms with van der Waals surface area (Å²) < 4.78 is 39.4. The van der Waals surface area contributed by atoms with E-state index in [1.54, 1.807) is 18.9 Å². The fraction of sp³-hybridized carbons (Fsp3) is 0.474. The third-order valence-electron chi connectivity index (χ3n) is 5.42. The van der Waals surface area contributed by atoms with E-state index < -0.39 is 17.3 Å². The molecule has 2 aromatic rings. The van der Waals surface area contributed by atoms with E-state index in [9.17, 15) is 22.8 Å². The van der Waals surface area contributed by atoms with Crippen LogP contribution in [0.5, 0.6) is 0 Å². The van der Waals surface area contributed by atoms with Gasteiger partial charge in [0.15, 0.2) is 5.82 Å². The van der Waals surface area contributed by atoms with Gasteiger partial charge in [-0.2, -0.15) is 18.2 Å². The van der Waals surface area contributed by atoms with E-state index in [2.05, 4.69) is 20.6 Å². The van der Waals surface area contributed by atoms with Gasteiger partial charge in [0.2, 0.25) is 11.9 Å². The number of anilines is 3. The number of carbonyl (C=O) groups excluding carboxylic acids is 1. The molecule has 2 aliphatic rings. The van der Waals surface area contributed by atoms with Crippen LogP contribution in [-0.2, 0) is 17.5 Å². The lowest BCUT2D eigenvalue weighted by Crippen LogP contribution is -2.40. The highest BCUT2D eigenvalue weighted by atomic mass is 19.4. The molecule has 1 fully saturated rings. The van der Waals surface area contributed by atoms with Crippen LogP contribution in [0.2, 0.25) is 0 Å². The van der Waals surface area contributed by atoms with Gasteiger partial charge in [-0.3, -0.25) is 9.59 Å². The standard InChI is InChI=1S/C19H21F3N6O2/c1-10-16-17(27(2)9-14(29)25-16)26-18(23-10)24-13-5-11(6-13)8-28-4-3-12(7-15(28)30)19(20,21)22/h3-4,7,11,13H,5-6,8-9H2,1-2H3,(H,25,29)(H,23,24,26). The van der Waals surface area contributed by atoms with Crippen molar-refractivity contribution in [2.45, 2.75) is 38.5 Å². The molecular weight excluding hydrogens is 401 g/mol. The number of fused-ring (bicyclic) bond motifs is 1. The molecule has 8 nitrogen and oxygen atoms in total. The maximum absolute atomic E-state index is 12.7. The van der Waals surface area contributed by atoms with Crippen LogP contribution >= 0.6 is 0 Å². The molecule has 2 aromatic heterocycles. The minimum absolute atomic E-state index is 0.112. The van der Waals surface area contributed by atoms with Crippen molar-refractivity contribution in [3.05, 3.63) is 39.9 Å². The Morgan fingerprint density at radius 1 is 1.27 bits per heavy atom. The Hall–Kier alpha value is -3.11. The molecule has 0 saturated heterocycles. The van der Waals surface area contributed by atoms with Gasteiger partial charge in [-0.25, -0.2) is 4.98 Å². The minimum atomic E-state index is -4.52. The fourth-order valence-corrected chi connectivity index (χ4v) is 3.81. The first-order valence-electron chi connectivity index (χ1n) is 9.54. The zero-order valence-corrected chi connectivity index (χ0v) is 16.5. The van der Waals surface area contributed by atoms with Crippen molar-refractivity contribution in [1.29, 1.82) is 0 Å². The Kier molecular flexibility index (Phi) is 4.91. The molecule has 1 amide bonds. The maximum atomic E-state index is 12.7. The lowest BCUT2D eigenvalue weighted by molar-refractivity contribution is -0.137. The highest BCUT2D eigenvalue weighted by Crippen LogP contribution is 2.34. The van der Waals surface area contributed by atoms with Gasteiger partial charge in [0.05, 0.1) is 17.8 Å². The van der Waals surface area contributed by atoms with Crippen LogP contribution in [0.4, 0.5) is 30.6 Å². The molecule has 3 heterocycles. The largest absolute Gasteiger partial charge is 0.416 e. The maximum Gasteiger partial charge on any atom is 0.416 e. The molecule has 0 radical (unpaired) electrons. The van der Waals surface area contributed by atoms with Crippen molar-refractivity contribution in [1.82, 2.24) is 14.5 Å². The SMILES string of the molecule is Cc1nc(NC2CC(Cn3ccc(C(F)(F)F)cc3=O)C2)nc2c1NC(=O)CN2C. The summed E-state index contributed by atoms with van der Waals surface area (Å²) in [7, 11) is 1.79. The number of aromatic nitrogens is 3. The first-order chi connectivity index (χ1) is 14.1. The number of halogens is 3. The zero-order valence-electron chi connectivity index (χ0n) is 16.5. The van der Waals surface area contributed by atoms with Gasteiger partial charge >= 0.3 is 6.18 Å². The Bertz CT molecular complexity index is 1050. The summed E-state index contributed by atoms with van der Waals surface area (Å²) in [5, 5.41) is 6.05. The first kappa shape index (κ1) is 20.2. The Balaban J connectivity index is 1.37. The van der Waals surface area contributed by atoms with Crippen LogP contribution in [0.1, 0.15) is 24.1 Å². The number of nitrogens with one attached hydrogen (secondary N) is 2. The van der Waals surface area contributed by atoms with Crippen LogP contribution in [0.15, 0.2) is 23.1 Å². The van der Waals surface area contributed by atoms with Gasteiger partial charge in [0.25, 0.3) is 5.56 Å². The van der Waals surface area contributed by atoms with E-state index in [1.165, 1.54) is 10.8 Å². The summed E-state index contributed by atoms with van der Waals surface area (Å²) in [5.41, 5.74) is -0.319. The fourth-order valence-electron chi connectivity index (χ4n) is 3.81. The lowest BCUT2D eigenvalue weighted by Gasteiger charge is -2.36. The summed E-state index contributed by atoms with van der Waals surface area (Å²) in [5.74, 6) is 1.18. The minimum Gasteiger partial charge on any atom is -0.351 e. The smallest absolute Gasteiger partial charge is 0.351 e. The van der Waals surface area contributed by atoms with E-state index in [0.717, 1.165) is 18.9 Å². The molecule has 0 unspecified atom stereocenters. The number of hydrogen-bond acceptors (Lipinski definition) is 6. The van der Waals surface area contributed by atoms with E-state index in [0.29, 0.717) is 35.8 Å². The Labute approximate surface area is 170 Å². The van der Waals surface area contributed by atoms with Crippen LogP contribution in [0.3, 0.4) is 0 Å². The predicted octanol–water partition coefficient (Wildman–Crippen LogP) is 2.24. The Morgan fingerprint density at radius 2 is 2.00 bits per heavy atom. The summed E-state index contributed by atoms with van der Waals surface area (Å²) in [4.78, 5) is 34.3. The molecule has 30 heavy (non-hydrogen) atoms. The van der Waals surface area contributed by atoms with E-state index >= 15 is 0 Å². The third-order valence-corrected chi connectivity index (χ3v) is 5.42. The molecule has 4 rings (SSSR count). The highest BCUT2D eigenvalue weighted by Gasteiger charge is 2.33. The summed E-state index contributed by atoms with van der Waals surface area (Å²) in [6.07, 6.45) is -1.82. The number of hydrogen-bond donors (Lipinski definition) is 2. The first-order valence-corrected chi connectivity index (χ1v) is 9.54. The quantitative estimate of drug-likeness (QED) is 0.785. The molecule has 1 aliphatic heterocycles. The molecule has 160 valence electrons. The number of nitrogens with zero attached hydrogens (tertiary/aromatic N) is 4. The van der Waals surface area contributed by atoms with Crippen molar-refractivity contribution >= 4 is 23.4 Å². The lowest BCUT2D eigenvalue weighted by atomic mass is 9.80. The second-order valence-corrected chi connectivity index (χ2v) is 7.82. The monoisotopic (exact) mass is 422 g/mol.